The molecular formula is C22H28N4O6. The first-order chi connectivity index (χ1) is 15.2. The molecule has 0 saturated carbocycles. The van der Waals surface area contributed by atoms with E-state index >= 15 is 0 Å². The van der Waals surface area contributed by atoms with E-state index in [-0.39, 0.29) is 35.6 Å². The van der Waals surface area contributed by atoms with Crippen LogP contribution in [0.1, 0.15) is 46.4 Å². The summed E-state index contributed by atoms with van der Waals surface area (Å²) >= 11 is 0. The zero-order chi connectivity index (χ0) is 23.5. The van der Waals surface area contributed by atoms with Crippen molar-refractivity contribution in [2.75, 3.05) is 13.1 Å². The number of carbonyl (C=O) groups excluding carboxylic acids is 2. The second-order valence-electron chi connectivity index (χ2n) is 8.37. The highest BCUT2D eigenvalue weighted by Gasteiger charge is 2.51. The van der Waals surface area contributed by atoms with Crippen LogP contribution >= 0.6 is 0 Å². The molecule has 2 aliphatic heterocycles. The van der Waals surface area contributed by atoms with Gasteiger partial charge in [0.1, 0.15) is 11.7 Å². The summed E-state index contributed by atoms with van der Waals surface area (Å²) < 4.78 is 7.54. The zero-order valence-corrected chi connectivity index (χ0v) is 18.5. The number of piperidine rings is 1. The van der Waals surface area contributed by atoms with Gasteiger partial charge in [-0.05, 0) is 44.7 Å². The highest BCUT2D eigenvalue weighted by Crippen LogP contribution is 2.43. The number of ether oxygens (including phenoxy) is 1. The molecule has 172 valence electrons. The molecule has 4 rings (SSSR count). The maximum atomic E-state index is 13.0. The number of cyclic esters (lactones) is 1. The number of aromatic nitrogens is 3. The molecule has 0 radical (unpaired) electrons. The van der Waals surface area contributed by atoms with E-state index in [9.17, 15) is 14.4 Å². The number of pyridine rings is 1. The normalized spacial score (nSPS) is 19.3. The minimum Gasteiger partial charge on any atom is -0.483 e. The molecule has 2 aromatic heterocycles. The van der Waals surface area contributed by atoms with Gasteiger partial charge in [-0.3, -0.25) is 19.2 Å². The average Bonchev–Trinajstić information content (AvgIpc) is 3.36. The van der Waals surface area contributed by atoms with Crippen LogP contribution in [0.4, 0.5) is 0 Å². The fraction of sp³-hybridized carbons (Fsp3) is 0.500. The first-order valence-electron chi connectivity index (χ1n) is 10.5. The molecule has 0 aromatic carbocycles. The number of nitrogens with one attached hydrogen (secondary N) is 1. The van der Waals surface area contributed by atoms with Crippen molar-refractivity contribution in [2.24, 2.45) is 5.41 Å². The number of amides is 1. The summed E-state index contributed by atoms with van der Waals surface area (Å²) in [6.07, 6.45) is 6.85. The van der Waals surface area contributed by atoms with Gasteiger partial charge in [-0.1, -0.05) is 0 Å². The van der Waals surface area contributed by atoms with Crippen LogP contribution in [0.2, 0.25) is 0 Å². The Morgan fingerprint density at radius 2 is 1.94 bits per heavy atom. The number of carbonyl (C=O) groups is 3. The maximum Gasteiger partial charge on any atom is 0.312 e. The van der Waals surface area contributed by atoms with Gasteiger partial charge in [0, 0.05) is 37.6 Å². The number of carboxylic acid groups (broad SMARTS) is 1. The fourth-order valence-electron chi connectivity index (χ4n) is 4.50. The molecule has 2 aliphatic rings. The third kappa shape index (κ3) is 4.44. The van der Waals surface area contributed by atoms with Crippen LogP contribution in [0.5, 0.6) is 0 Å². The van der Waals surface area contributed by atoms with E-state index in [0.717, 1.165) is 16.8 Å². The molecular weight excluding hydrogens is 416 g/mol. The minimum atomic E-state index is -0.535. The summed E-state index contributed by atoms with van der Waals surface area (Å²) in [4.78, 5) is 54.9. The molecule has 0 aliphatic carbocycles. The van der Waals surface area contributed by atoms with Crippen LogP contribution in [-0.4, -0.2) is 62.1 Å². The summed E-state index contributed by atoms with van der Waals surface area (Å²) in [5.41, 5.74) is 1.74. The molecule has 32 heavy (non-hydrogen) atoms. The van der Waals surface area contributed by atoms with Crippen LogP contribution in [-0.2, 0) is 20.9 Å². The van der Waals surface area contributed by atoms with Crippen LogP contribution in [0.3, 0.4) is 0 Å². The number of aromatic amines is 1. The van der Waals surface area contributed by atoms with Gasteiger partial charge in [-0.2, -0.15) is 0 Å². The third-order valence-electron chi connectivity index (χ3n) is 6.55. The summed E-state index contributed by atoms with van der Waals surface area (Å²) in [6.45, 7) is 6.76. The molecule has 1 spiro atoms. The summed E-state index contributed by atoms with van der Waals surface area (Å²) in [7, 11) is 0. The van der Waals surface area contributed by atoms with Crippen molar-refractivity contribution in [3.05, 3.63) is 51.5 Å². The number of imidazole rings is 1. The number of likely N-dealkylation sites (tertiary alicyclic amines) is 1. The predicted molar refractivity (Wildman–Crippen MR) is 114 cm³/mol. The highest BCUT2D eigenvalue weighted by atomic mass is 16.6. The number of H-pyrrole nitrogens is 1. The first kappa shape index (κ1) is 23.2. The highest BCUT2D eigenvalue weighted by molar-refractivity contribution is 5.96. The van der Waals surface area contributed by atoms with Gasteiger partial charge in [0.2, 0.25) is 0 Å². The van der Waals surface area contributed by atoms with Crippen LogP contribution < -0.4 is 5.56 Å². The van der Waals surface area contributed by atoms with Gasteiger partial charge in [-0.25, -0.2) is 4.98 Å². The Morgan fingerprint density at radius 3 is 2.53 bits per heavy atom. The lowest BCUT2D eigenvalue weighted by Crippen LogP contribution is -2.46. The molecule has 4 heterocycles. The monoisotopic (exact) mass is 444 g/mol. The van der Waals surface area contributed by atoms with E-state index in [4.69, 9.17) is 14.6 Å². The number of aryl methyl sites for hydroxylation is 1. The Labute approximate surface area is 185 Å². The Morgan fingerprint density at radius 1 is 1.28 bits per heavy atom. The quantitative estimate of drug-likeness (QED) is 0.540. The molecule has 1 atom stereocenters. The van der Waals surface area contributed by atoms with E-state index in [2.05, 4.69) is 9.97 Å². The van der Waals surface area contributed by atoms with Gasteiger partial charge in [0.05, 0.1) is 18.3 Å². The lowest BCUT2D eigenvalue weighted by Gasteiger charge is -2.36. The molecule has 2 N–H and O–H groups in total. The van der Waals surface area contributed by atoms with Crippen molar-refractivity contribution in [3.63, 3.8) is 0 Å². The molecule has 0 bridgehead atoms. The Bertz CT molecular complexity index is 1050. The van der Waals surface area contributed by atoms with Crippen molar-refractivity contribution >= 4 is 18.3 Å². The topological polar surface area (TPSA) is 135 Å². The van der Waals surface area contributed by atoms with Crippen molar-refractivity contribution in [3.8, 4) is 0 Å². The second-order valence-corrected chi connectivity index (χ2v) is 8.37. The van der Waals surface area contributed by atoms with Gasteiger partial charge in [-0.15, -0.1) is 0 Å². The van der Waals surface area contributed by atoms with Crippen molar-refractivity contribution in [1.82, 2.24) is 19.4 Å². The summed E-state index contributed by atoms with van der Waals surface area (Å²) in [6, 6.07) is 0. The van der Waals surface area contributed by atoms with E-state index in [1.807, 2.05) is 31.5 Å². The number of rotatable bonds is 3. The molecule has 1 unspecified atom stereocenters. The van der Waals surface area contributed by atoms with E-state index in [0.29, 0.717) is 38.9 Å². The standard InChI is InChI=1S/C21H26N4O4.CH2O2/c1-13-14(2)17(18(26)23-15(13)3)19(27)25-7-4-21(5-8-25)10-16(29-20(21)28)11-24-9-6-22-12-24;2-1-3/h6,9,12,16H,4-5,7-8,10-11H2,1-3H3,(H,23,26);1H,(H,2,3). The van der Waals surface area contributed by atoms with Crippen LogP contribution in [0.25, 0.3) is 0 Å². The van der Waals surface area contributed by atoms with E-state index in [1.165, 1.54) is 0 Å². The number of hydrogen-bond donors (Lipinski definition) is 2. The van der Waals surface area contributed by atoms with Gasteiger partial charge < -0.3 is 24.3 Å². The van der Waals surface area contributed by atoms with Crippen molar-refractivity contribution in [2.45, 2.75) is 52.7 Å². The predicted octanol–water partition coefficient (Wildman–Crippen LogP) is 1.44. The van der Waals surface area contributed by atoms with Crippen molar-refractivity contribution in [1.29, 1.82) is 0 Å². The van der Waals surface area contributed by atoms with Crippen LogP contribution in [0, 0.1) is 26.2 Å². The third-order valence-corrected chi connectivity index (χ3v) is 6.55. The van der Waals surface area contributed by atoms with E-state index in [1.54, 1.807) is 17.4 Å². The molecule has 2 fully saturated rings. The first-order valence-corrected chi connectivity index (χ1v) is 10.5. The number of esters is 1. The zero-order valence-electron chi connectivity index (χ0n) is 18.5. The lowest BCUT2D eigenvalue weighted by molar-refractivity contribution is -0.150. The largest absolute Gasteiger partial charge is 0.483 e. The maximum absolute atomic E-state index is 13.0. The van der Waals surface area contributed by atoms with Gasteiger partial charge in [0.25, 0.3) is 17.9 Å². The SMILES string of the molecule is Cc1[nH]c(=O)c(C(=O)N2CCC3(CC2)CC(Cn2ccnc2)OC3=O)c(C)c1C.O=CO. The summed E-state index contributed by atoms with van der Waals surface area (Å²) in [5, 5.41) is 6.89. The van der Waals surface area contributed by atoms with Gasteiger partial charge in [0.15, 0.2) is 0 Å². The summed E-state index contributed by atoms with van der Waals surface area (Å²) in [5.74, 6) is -0.432. The number of hydrogen-bond acceptors (Lipinski definition) is 6. The van der Waals surface area contributed by atoms with Crippen LogP contribution in [0.15, 0.2) is 23.5 Å². The minimum absolute atomic E-state index is 0.171. The van der Waals surface area contributed by atoms with E-state index < -0.39 is 5.41 Å². The number of nitrogens with zero attached hydrogens (tertiary/aromatic N) is 3. The second kappa shape index (κ2) is 9.37. The molecule has 10 nitrogen and oxygen atoms in total. The molecule has 1 amide bonds. The molecule has 10 heteroatoms. The Hall–Kier alpha value is -3.43. The lowest BCUT2D eigenvalue weighted by atomic mass is 9.76. The molecule has 2 aromatic rings. The fourth-order valence-corrected chi connectivity index (χ4v) is 4.50. The van der Waals surface area contributed by atoms with Gasteiger partial charge >= 0.3 is 5.97 Å². The Kier molecular flexibility index (Phi) is 6.81. The van der Waals surface area contributed by atoms with Crippen molar-refractivity contribution < 1.29 is 24.2 Å². The Balaban J connectivity index is 0.000000913. The molecule has 2 saturated heterocycles. The smallest absolute Gasteiger partial charge is 0.312 e. The average molecular weight is 444 g/mol.